The average Bonchev–Trinajstić information content (AvgIpc) is 2.76. The molecule has 0 unspecified atom stereocenters. The van der Waals surface area contributed by atoms with E-state index in [1.807, 2.05) is 35.3 Å². The van der Waals surface area contributed by atoms with Crippen LogP contribution in [-0.4, -0.2) is 30.9 Å². The zero-order chi connectivity index (χ0) is 17.9. The van der Waals surface area contributed by atoms with Crippen molar-refractivity contribution >= 4 is 6.08 Å². The molecule has 0 aliphatic rings. The van der Waals surface area contributed by atoms with Crippen LogP contribution in [0.2, 0.25) is 0 Å². The molecular formula is C18H26N4O2. The van der Waals surface area contributed by atoms with E-state index in [1.54, 1.807) is 12.1 Å². The van der Waals surface area contributed by atoms with Crippen LogP contribution in [0.1, 0.15) is 49.0 Å². The first-order chi connectivity index (χ1) is 11.4. The Morgan fingerprint density at radius 2 is 2.04 bits per heavy atom. The molecule has 0 radical (unpaired) electrons. The Kier molecular flexibility index (Phi) is 5.62. The molecule has 0 spiro atoms. The number of imidazole rings is 1. The van der Waals surface area contributed by atoms with E-state index < -0.39 is 0 Å². The van der Waals surface area contributed by atoms with Crippen molar-refractivity contribution in [3.63, 3.8) is 0 Å². The smallest absolute Gasteiger partial charge is 0.202 e. The maximum Gasteiger partial charge on any atom is 0.202 e. The van der Waals surface area contributed by atoms with E-state index in [9.17, 15) is 5.11 Å². The molecule has 0 aliphatic heterocycles. The van der Waals surface area contributed by atoms with Crippen LogP contribution >= 0.6 is 0 Å². The monoisotopic (exact) mass is 330 g/mol. The van der Waals surface area contributed by atoms with Gasteiger partial charge in [0.25, 0.3) is 0 Å². The molecule has 6 nitrogen and oxygen atoms in total. The predicted molar refractivity (Wildman–Crippen MR) is 93.8 cm³/mol. The molecule has 0 aromatic carbocycles. The van der Waals surface area contributed by atoms with E-state index >= 15 is 0 Å². The first-order valence-corrected chi connectivity index (χ1v) is 8.13. The fourth-order valence-corrected chi connectivity index (χ4v) is 2.82. The second-order valence-corrected chi connectivity index (χ2v) is 6.23. The van der Waals surface area contributed by atoms with Crippen LogP contribution in [0.4, 0.5) is 0 Å². The number of pyridine rings is 1. The molecule has 0 aliphatic carbocycles. The SMILES string of the molecule is Cc1ccc(O)c(Cn2c(C(C)C)c(/C=C\CCO)n(C)c2=N)n1. The number of aliphatic hydroxyl groups is 1. The van der Waals surface area contributed by atoms with E-state index in [2.05, 4.69) is 18.8 Å². The minimum atomic E-state index is 0.104. The summed E-state index contributed by atoms with van der Waals surface area (Å²) in [6, 6.07) is 3.41. The molecule has 0 amide bonds. The number of aromatic hydroxyl groups is 1. The largest absolute Gasteiger partial charge is 0.506 e. The van der Waals surface area contributed by atoms with E-state index in [0.29, 0.717) is 24.3 Å². The van der Waals surface area contributed by atoms with Crippen LogP contribution in [0.15, 0.2) is 18.2 Å². The van der Waals surface area contributed by atoms with Gasteiger partial charge in [-0.2, -0.15) is 0 Å². The number of aryl methyl sites for hydroxylation is 1. The van der Waals surface area contributed by atoms with E-state index in [0.717, 1.165) is 17.1 Å². The summed E-state index contributed by atoms with van der Waals surface area (Å²) < 4.78 is 3.70. The van der Waals surface area contributed by atoms with Crippen LogP contribution < -0.4 is 5.62 Å². The third kappa shape index (κ3) is 3.59. The van der Waals surface area contributed by atoms with Gasteiger partial charge in [0.1, 0.15) is 11.4 Å². The van der Waals surface area contributed by atoms with Crippen LogP contribution in [-0.2, 0) is 13.6 Å². The molecule has 0 fully saturated rings. The van der Waals surface area contributed by atoms with Crippen LogP contribution in [0.3, 0.4) is 0 Å². The van der Waals surface area contributed by atoms with Crippen LogP contribution in [0.25, 0.3) is 6.08 Å². The summed E-state index contributed by atoms with van der Waals surface area (Å²) in [6.07, 6.45) is 4.44. The van der Waals surface area contributed by atoms with Crippen molar-refractivity contribution < 1.29 is 10.2 Å². The Labute approximate surface area is 142 Å². The van der Waals surface area contributed by atoms with Gasteiger partial charge in [0.05, 0.1) is 12.2 Å². The first kappa shape index (κ1) is 18.0. The van der Waals surface area contributed by atoms with Gasteiger partial charge in [-0.3, -0.25) is 10.4 Å². The summed E-state index contributed by atoms with van der Waals surface area (Å²) >= 11 is 0. The first-order valence-electron chi connectivity index (χ1n) is 8.13. The summed E-state index contributed by atoms with van der Waals surface area (Å²) in [4.78, 5) is 4.41. The maximum absolute atomic E-state index is 10.1. The third-order valence-electron chi connectivity index (χ3n) is 4.00. The average molecular weight is 330 g/mol. The van der Waals surface area contributed by atoms with E-state index in [4.69, 9.17) is 10.5 Å². The van der Waals surface area contributed by atoms with Gasteiger partial charge in [-0.05, 0) is 37.5 Å². The molecule has 2 aromatic heterocycles. The van der Waals surface area contributed by atoms with Crippen molar-refractivity contribution in [2.75, 3.05) is 6.61 Å². The zero-order valence-corrected chi connectivity index (χ0v) is 14.7. The molecule has 24 heavy (non-hydrogen) atoms. The highest BCUT2D eigenvalue weighted by Gasteiger charge is 2.18. The zero-order valence-electron chi connectivity index (χ0n) is 14.7. The molecule has 0 saturated heterocycles. The topological polar surface area (TPSA) is 87.1 Å². The number of hydrogen-bond donors (Lipinski definition) is 3. The summed E-state index contributed by atoms with van der Waals surface area (Å²) in [5.74, 6) is 0.347. The summed E-state index contributed by atoms with van der Waals surface area (Å²) in [5.41, 5.74) is 3.70. The van der Waals surface area contributed by atoms with Crippen molar-refractivity contribution in [1.82, 2.24) is 14.1 Å². The maximum atomic E-state index is 10.1. The van der Waals surface area contributed by atoms with Crippen LogP contribution in [0.5, 0.6) is 5.75 Å². The van der Waals surface area contributed by atoms with Crippen LogP contribution in [0, 0.1) is 12.3 Å². The highest BCUT2D eigenvalue weighted by Crippen LogP contribution is 2.23. The molecule has 2 heterocycles. The van der Waals surface area contributed by atoms with E-state index in [-0.39, 0.29) is 18.3 Å². The second-order valence-electron chi connectivity index (χ2n) is 6.23. The van der Waals surface area contributed by atoms with Crippen molar-refractivity contribution in [3.8, 4) is 5.75 Å². The Bertz CT molecular complexity index is 800. The number of aliphatic hydroxyl groups excluding tert-OH is 1. The fourth-order valence-electron chi connectivity index (χ4n) is 2.82. The lowest BCUT2D eigenvalue weighted by atomic mass is 10.1. The molecular weight excluding hydrogens is 304 g/mol. The summed E-state index contributed by atoms with van der Waals surface area (Å²) in [5, 5.41) is 27.5. The molecule has 0 saturated carbocycles. The van der Waals surface area contributed by atoms with Gasteiger partial charge < -0.3 is 19.3 Å². The molecule has 130 valence electrons. The normalized spacial score (nSPS) is 11.8. The van der Waals surface area contributed by atoms with Gasteiger partial charge in [-0.1, -0.05) is 19.9 Å². The highest BCUT2D eigenvalue weighted by atomic mass is 16.3. The number of nitrogens with zero attached hydrogens (tertiary/aromatic N) is 3. The highest BCUT2D eigenvalue weighted by molar-refractivity contribution is 5.49. The number of nitrogens with one attached hydrogen (secondary N) is 1. The van der Waals surface area contributed by atoms with E-state index in [1.165, 1.54) is 0 Å². The predicted octanol–water partition coefficient (Wildman–Crippen LogP) is 2.28. The lowest BCUT2D eigenvalue weighted by Crippen LogP contribution is -2.25. The lowest BCUT2D eigenvalue weighted by Gasteiger charge is -2.13. The Morgan fingerprint density at radius 1 is 1.33 bits per heavy atom. The third-order valence-corrected chi connectivity index (χ3v) is 4.00. The molecule has 2 rings (SSSR count). The molecule has 2 aromatic rings. The summed E-state index contributed by atoms with van der Waals surface area (Å²) in [7, 11) is 1.85. The molecule has 3 N–H and O–H groups in total. The number of hydrogen-bond acceptors (Lipinski definition) is 4. The van der Waals surface area contributed by atoms with Gasteiger partial charge >= 0.3 is 0 Å². The number of aromatic nitrogens is 3. The van der Waals surface area contributed by atoms with Gasteiger partial charge in [0, 0.05) is 25.0 Å². The number of rotatable bonds is 6. The van der Waals surface area contributed by atoms with Crippen molar-refractivity contribution in [3.05, 3.63) is 46.6 Å². The Balaban J connectivity index is 2.55. The summed E-state index contributed by atoms with van der Waals surface area (Å²) in [6.45, 7) is 6.50. The van der Waals surface area contributed by atoms with Gasteiger partial charge in [-0.15, -0.1) is 0 Å². The lowest BCUT2D eigenvalue weighted by molar-refractivity contribution is 0.303. The molecule has 6 heteroatoms. The standard InChI is InChI=1S/C18H26N4O2/c1-12(2)17-15(7-5-6-10-23)21(4)18(19)22(17)11-14-16(24)9-8-13(3)20-14/h5,7-9,12,19,23-24H,6,10-11H2,1-4H3/b7-5-,19-18?. The molecule has 0 bridgehead atoms. The molecule has 0 atom stereocenters. The minimum Gasteiger partial charge on any atom is -0.506 e. The van der Waals surface area contributed by atoms with Gasteiger partial charge in [0.15, 0.2) is 0 Å². The second kappa shape index (κ2) is 7.49. The Morgan fingerprint density at radius 3 is 2.67 bits per heavy atom. The Hall–Kier alpha value is -2.34. The van der Waals surface area contributed by atoms with Crippen molar-refractivity contribution in [1.29, 1.82) is 5.41 Å². The van der Waals surface area contributed by atoms with Crippen molar-refractivity contribution in [2.24, 2.45) is 7.05 Å². The quantitative estimate of drug-likeness (QED) is 0.759. The fraction of sp³-hybridized carbons (Fsp3) is 0.444. The van der Waals surface area contributed by atoms with Gasteiger partial charge in [-0.25, -0.2) is 0 Å². The minimum absolute atomic E-state index is 0.104. The van der Waals surface area contributed by atoms with Gasteiger partial charge in [0.2, 0.25) is 5.62 Å². The van der Waals surface area contributed by atoms with Crippen molar-refractivity contribution in [2.45, 2.75) is 39.7 Å².